The first-order chi connectivity index (χ1) is 25.2. The lowest BCUT2D eigenvalue weighted by molar-refractivity contribution is -0.540. The molecule has 1 unspecified atom stereocenters. The van der Waals surface area contributed by atoms with E-state index in [0.29, 0.717) is 44.5 Å². The van der Waals surface area contributed by atoms with E-state index in [1.807, 2.05) is 0 Å². The van der Waals surface area contributed by atoms with E-state index in [2.05, 4.69) is 136 Å². The highest BCUT2D eigenvalue weighted by Gasteiger charge is 2.34. The Hall–Kier alpha value is -3.51. The molecular formula is C36H47N12S5+. The molecule has 12 nitrogen and oxygen atoms in total. The minimum absolute atomic E-state index is 0.356. The van der Waals surface area contributed by atoms with Crippen LogP contribution in [0.5, 0.6) is 0 Å². The zero-order valence-corrected chi connectivity index (χ0v) is 35.4. The number of benzene rings is 2. The minimum atomic E-state index is -0.375. The zero-order valence-electron chi connectivity index (χ0n) is 31.3. The summed E-state index contributed by atoms with van der Waals surface area (Å²) >= 11 is 23.5. The number of rotatable bonds is 14. The van der Waals surface area contributed by atoms with Crippen LogP contribution >= 0.6 is 61.0 Å². The molecule has 0 fully saturated rings. The number of nitrogens with one attached hydrogen (secondary N) is 3. The van der Waals surface area contributed by atoms with Gasteiger partial charge in [-0.1, -0.05) is 67.2 Å². The van der Waals surface area contributed by atoms with Crippen LogP contribution in [0.2, 0.25) is 0 Å². The summed E-state index contributed by atoms with van der Waals surface area (Å²) in [5, 5.41) is 32.4. The Morgan fingerprint density at radius 2 is 1.06 bits per heavy atom. The fraction of sp³-hybridized carbons (Fsp3) is 0.472. The Kier molecular flexibility index (Phi) is 12.2. The molecule has 0 aliphatic carbocycles. The van der Waals surface area contributed by atoms with Crippen LogP contribution in [0.1, 0.15) is 61.0 Å². The molecule has 17 heteroatoms. The second-order valence-electron chi connectivity index (χ2n) is 15.0. The summed E-state index contributed by atoms with van der Waals surface area (Å²) in [5.74, 6) is 4.50. The summed E-state index contributed by atoms with van der Waals surface area (Å²) in [6.45, 7) is 20.3. The van der Waals surface area contributed by atoms with Crippen LogP contribution in [0.3, 0.4) is 0 Å². The third-order valence-corrected chi connectivity index (χ3v) is 10.8. The first-order valence-electron chi connectivity index (χ1n) is 17.9. The van der Waals surface area contributed by atoms with Crippen LogP contribution in [0.15, 0.2) is 56.4 Å². The van der Waals surface area contributed by atoms with Crippen molar-refractivity contribution in [2.45, 2.75) is 90.3 Å². The van der Waals surface area contributed by atoms with E-state index >= 15 is 0 Å². The summed E-state index contributed by atoms with van der Waals surface area (Å²) < 4.78 is 10.1. The topological polar surface area (TPSA) is 129 Å². The number of aromatic amines is 3. The molecule has 4 heterocycles. The van der Waals surface area contributed by atoms with Crippen molar-refractivity contribution in [2.75, 3.05) is 6.54 Å². The van der Waals surface area contributed by atoms with Crippen LogP contribution in [0.25, 0.3) is 34.2 Å². The van der Waals surface area contributed by atoms with E-state index in [9.17, 15) is 0 Å². The lowest BCUT2D eigenvalue weighted by atomic mass is 10.0. The van der Waals surface area contributed by atoms with Gasteiger partial charge in [0.25, 0.3) is 5.50 Å². The van der Waals surface area contributed by atoms with Crippen LogP contribution in [0.4, 0.5) is 0 Å². The summed E-state index contributed by atoms with van der Waals surface area (Å²) in [6, 6.07) is 12.8. The number of thiol groups is 1. The number of hydrogen-bond acceptors (Lipinski definition) is 10. The molecule has 1 aliphatic heterocycles. The van der Waals surface area contributed by atoms with Crippen molar-refractivity contribution in [1.29, 1.82) is 0 Å². The van der Waals surface area contributed by atoms with Gasteiger partial charge in [-0.15, -0.1) is 12.6 Å². The lowest BCUT2D eigenvalue weighted by Gasteiger charge is -2.16. The van der Waals surface area contributed by atoms with E-state index < -0.39 is 0 Å². The zero-order chi connectivity index (χ0) is 38.1. The average Bonchev–Trinajstić information content (AvgIpc) is 3.84. The molecule has 280 valence electrons. The number of azo groups is 1. The Labute approximate surface area is 335 Å². The SMILES string of the molecule is CC(C)Cn1c(-c2ccc(Sc3ccc(-c4n[nH]c(=S)n4CC(C)C)c(-c4n[nH]c(=S)n4CC(C)C)c3)cc2C2=[N+](CC(C)C)C(S)N=N2)n[nH]c1=S. The van der Waals surface area contributed by atoms with Gasteiger partial charge in [0, 0.05) is 46.1 Å². The number of hydrogen-bond donors (Lipinski definition) is 4. The Bertz CT molecular complexity index is 2350. The average molecular weight is 808 g/mol. The van der Waals surface area contributed by atoms with E-state index in [4.69, 9.17) is 64.6 Å². The Morgan fingerprint density at radius 1 is 0.642 bits per heavy atom. The van der Waals surface area contributed by atoms with Gasteiger partial charge in [-0.25, -0.2) is 4.58 Å². The molecule has 1 aliphatic rings. The lowest BCUT2D eigenvalue weighted by Crippen LogP contribution is -2.26. The molecule has 3 N–H and O–H groups in total. The summed E-state index contributed by atoms with van der Waals surface area (Å²) in [4.78, 5) is 2.04. The first kappa shape index (κ1) is 39.2. The molecule has 0 spiro atoms. The fourth-order valence-corrected chi connectivity index (χ4v) is 8.13. The van der Waals surface area contributed by atoms with Crippen molar-refractivity contribution >= 4 is 66.9 Å². The quantitative estimate of drug-likeness (QED) is 0.0500. The van der Waals surface area contributed by atoms with Gasteiger partial charge in [0.05, 0.1) is 17.2 Å². The van der Waals surface area contributed by atoms with Crippen molar-refractivity contribution in [1.82, 2.24) is 44.3 Å². The van der Waals surface area contributed by atoms with E-state index in [1.54, 1.807) is 11.8 Å². The van der Waals surface area contributed by atoms with Crippen molar-refractivity contribution in [3.8, 4) is 34.2 Å². The van der Waals surface area contributed by atoms with Gasteiger partial charge in [-0.2, -0.15) is 15.3 Å². The smallest absolute Gasteiger partial charge is 0.300 e. The van der Waals surface area contributed by atoms with Gasteiger partial charge in [0.15, 0.2) is 31.8 Å². The molecule has 6 rings (SSSR count). The first-order valence-corrected chi connectivity index (χ1v) is 20.4. The van der Waals surface area contributed by atoms with Crippen LogP contribution in [-0.4, -0.2) is 66.7 Å². The number of aromatic nitrogens is 9. The maximum atomic E-state index is 5.72. The molecule has 3 aromatic heterocycles. The summed E-state index contributed by atoms with van der Waals surface area (Å²) in [6.07, 6.45) is 0. The molecule has 0 saturated carbocycles. The van der Waals surface area contributed by atoms with Gasteiger partial charge < -0.3 is 0 Å². The maximum Gasteiger partial charge on any atom is 0.356 e. The Balaban J connectivity index is 1.51. The Morgan fingerprint density at radius 3 is 1.49 bits per heavy atom. The van der Waals surface area contributed by atoms with Crippen LogP contribution in [0, 0.1) is 38.0 Å². The molecule has 53 heavy (non-hydrogen) atoms. The summed E-state index contributed by atoms with van der Waals surface area (Å²) in [5.41, 5.74) is 3.27. The predicted molar refractivity (Wildman–Crippen MR) is 222 cm³/mol. The van der Waals surface area contributed by atoms with E-state index in [-0.39, 0.29) is 5.50 Å². The third-order valence-electron chi connectivity index (χ3n) is 8.47. The molecule has 0 radical (unpaired) electrons. The van der Waals surface area contributed by atoms with Crippen molar-refractivity contribution in [3.63, 3.8) is 0 Å². The largest absolute Gasteiger partial charge is 0.356 e. The highest BCUT2D eigenvalue weighted by molar-refractivity contribution is 7.99. The van der Waals surface area contributed by atoms with Crippen molar-refractivity contribution in [2.24, 2.45) is 33.9 Å². The van der Waals surface area contributed by atoms with Gasteiger partial charge in [0.2, 0.25) is 0 Å². The monoisotopic (exact) mass is 807 g/mol. The maximum absolute atomic E-state index is 5.72. The van der Waals surface area contributed by atoms with Crippen molar-refractivity contribution in [3.05, 3.63) is 56.3 Å². The van der Waals surface area contributed by atoms with Gasteiger partial charge in [0.1, 0.15) is 0 Å². The predicted octanol–water partition coefficient (Wildman–Crippen LogP) is 9.66. The van der Waals surface area contributed by atoms with Gasteiger partial charge >= 0.3 is 5.84 Å². The van der Waals surface area contributed by atoms with Crippen molar-refractivity contribution < 1.29 is 4.58 Å². The molecule has 2 aromatic carbocycles. The molecule has 5 aromatic rings. The highest BCUT2D eigenvalue weighted by Crippen LogP contribution is 2.39. The fourth-order valence-electron chi connectivity index (χ4n) is 6.36. The number of amidine groups is 1. The molecule has 0 amide bonds. The molecule has 1 atom stereocenters. The second kappa shape index (κ2) is 16.5. The summed E-state index contributed by atoms with van der Waals surface area (Å²) in [7, 11) is 0. The van der Waals surface area contributed by atoms with Crippen LogP contribution in [-0.2, 0) is 19.6 Å². The molecule has 0 saturated heterocycles. The standard InChI is InChI=1S/C36H46N12S5/c1-19(2)15-45-29(37-41-33(45)49)25-11-9-23(13-27(25)31-39-43-35(51)47(31)17-21(5)6)53-24-10-12-26(30-38-42-34(50)46(30)16-20(3)4)28(14-24)32-40-44-36(52)48(32)18-22(7)8/h9-14,19-22,35H,15-18H2,1-8H3,(H3,37,38,39,40,41,42,43,44,49,50,51,52)/p+1. The third kappa shape index (κ3) is 8.58. The molecular weight excluding hydrogens is 761 g/mol. The van der Waals surface area contributed by atoms with Gasteiger partial charge in [-0.05, 0) is 102 Å². The van der Waals surface area contributed by atoms with E-state index in [1.165, 1.54) is 0 Å². The minimum Gasteiger partial charge on any atom is -0.300 e. The number of H-pyrrole nitrogens is 3. The van der Waals surface area contributed by atoms with E-state index in [0.717, 1.165) is 75.0 Å². The van der Waals surface area contributed by atoms with Gasteiger partial charge in [-0.3, -0.25) is 29.0 Å². The number of nitrogens with zero attached hydrogens (tertiary/aromatic N) is 9. The normalized spacial score (nSPS) is 14.7. The van der Waals surface area contributed by atoms with Crippen LogP contribution < -0.4 is 0 Å². The highest BCUT2D eigenvalue weighted by atomic mass is 32.2. The molecule has 0 bridgehead atoms. The second-order valence-corrected chi connectivity index (χ2v) is 17.8.